The van der Waals surface area contributed by atoms with Crippen LogP contribution >= 0.6 is 11.6 Å². The lowest BCUT2D eigenvalue weighted by Gasteiger charge is -2.15. The molecule has 4 aromatic rings. The number of unbranched alkanes of at least 4 members (excludes halogenated alkanes) is 3. The smallest absolute Gasteiger partial charge is 0.261 e. The van der Waals surface area contributed by atoms with E-state index in [0.29, 0.717) is 40.8 Å². The minimum Gasteiger partial charge on any atom is -0.493 e. The molecule has 182 valence electrons. The Labute approximate surface area is 212 Å². The molecule has 4 rings (SSSR count). The first-order valence-corrected chi connectivity index (χ1v) is 12.8. The van der Waals surface area contributed by atoms with Gasteiger partial charge in [-0.1, -0.05) is 62.6 Å². The van der Waals surface area contributed by atoms with Crippen molar-refractivity contribution in [3.05, 3.63) is 93.2 Å². The summed E-state index contributed by atoms with van der Waals surface area (Å²) in [7, 11) is 0. The van der Waals surface area contributed by atoms with Gasteiger partial charge in [-0.3, -0.25) is 9.36 Å². The second kappa shape index (κ2) is 11.5. The van der Waals surface area contributed by atoms with Crippen LogP contribution < -0.4 is 10.3 Å². The molecule has 0 bridgehead atoms. The van der Waals surface area contributed by atoms with Gasteiger partial charge in [-0.15, -0.1) is 0 Å². The summed E-state index contributed by atoms with van der Waals surface area (Å²) in [6.07, 6.45) is 3.96. The van der Waals surface area contributed by atoms with E-state index in [0.717, 1.165) is 37.0 Å². The first-order valence-electron chi connectivity index (χ1n) is 12.4. The van der Waals surface area contributed by atoms with E-state index in [9.17, 15) is 4.79 Å². The zero-order chi connectivity index (χ0) is 24.8. The average Bonchev–Trinajstić information content (AvgIpc) is 2.85. The summed E-state index contributed by atoms with van der Waals surface area (Å²) >= 11 is 6.08. The van der Waals surface area contributed by atoms with Gasteiger partial charge in [0, 0.05) is 17.1 Å². The van der Waals surface area contributed by atoms with Crippen molar-refractivity contribution in [2.45, 2.75) is 58.9 Å². The standard InChI is InChI=1S/C30H33ClN2O2/c1-21(2)25-17-12-22(3)20-28(25)35-19-9-5-4-8-18-33-29(23-13-15-24(31)16-14-23)32-27-11-7-6-10-26(27)30(33)34/h6-7,10-17,20-21H,4-5,8-9,18-19H2,1-3H3. The average molecular weight is 489 g/mol. The van der Waals surface area contributed by atoms with Crippen LogP contribution in [0, 0.1) is 6.92 Å². The maximum absolute atomic E-state index is 13.3. The van der Waals surface area contributed by atoms with Crippen molar-refractivity contribution in [3.63, 3.8) is 0 Å². The topological polar surface area (TPSA) is 44.1 Å². The number of halogens is 1. The number of nitrogens with zero attached hydrogens (tertiary/aromatic N) is 2. The monoisotopic (exact) mass is 488 g/mol. The summed E-state index contributed by atoms with van der Waals surface area (Å²) in [5.74, 6) is 2.13. The second-order valence-electron chi connectivity index (χ2n) is 9.37. The molecule has 0 aliphatic carbocycles. The van der Waals surface area contributed by atoms with Gasteiger partial charge in [-0.25, -0.2) is 4.98 Å². The fourth-order valence-electron chi connectivity index (χ4n) is 4.35. The molecule has 1 aromatic heterocycles. The number of aryl methyl sites for hydroxylation is 1. The highest BCUT2D eigenvalue weighted by molar-refractivity contribution is 6.30. The minimum absolute atomic E-state index is 0.00421. The summed E-state index contributed by atoms with van der Waals surface area (Å²) in [5, 5.41) is 1.31. The van der Waals surface area contributed by atoms with Crippen molar-refractivity contribution in [1.82, 2.24) is 9.55 Å². The summed E-state index contributed by atoms with van der Waals surface area (Å²) in [6.45, 7) is 7.82. The molecule has 1 heterocycles. The Kier molecular flexibility index (Phi) is 8.25. The van der Waals surface area contributed by atoms with Gasteiger partial charge >= 0.3 is 0 Å². The molecule has 0 amide bonds. The first kappa shape index (κ1) is 25.0. The molecule has 0 radical (unpaired) electrons. The van der Waals surface area contributed by atoms with Crippen LogP contribution in [-0.2, 0) is 6.54 Å². The van der Waals surface area contributed by atoms with E-state index in [1.165, 1.54) is 11.1 Å². The van der Waals surface area contributed by atoms with E-state index in [2.05, 4.69) is 39.0 Å². The van der Waals surface area contributed by atoms with Crippen molar-refractivity contribution in [3.8, 4) is 17.1 Å². The van der Waals surface area contributed by atoms with Gasteiger partial charge in [-0.2, -0.15) is 0 Å². The van der Waals surface area contributed by atoms with Crippen molar-refractivity contribution in [2.75, 3.05) is 6.61 Å². The summed E-state index contributed by atoms with van der Waals surface area (Å²) in [5.41, 5.74) is 4.09. The van der Waals surface area contributed by atoms with Gasteiger partial charge in [-0.05, 0) is 79.3 Å². The molecule has 0 saturated heterocycles. The third kappa shape index (κ3) is 6.12. The van der Waals surface area contributed by atoms with Crippen LogP contribution in [0.15, 0.2) is 71.5 Å². The minimum atomic E-state index is 0.00421. The van der Waals surface area contributed by atoms with Crippen LogP contribution in [0.1, 0.15) is 56.6 Å². The zero-order valence-electron chi connectivity index (χ0n) is 20.8. The van der Waals surface area contributed by atoms with Gasteiger partial charge in [0.25, 0.3) is 5.56 Å². The molecule has 35 heavy (non-hydrogen) atoms. The van der Waals surface area contributed by atoms with Gasteiger partial charge in [0.15, 0.2) is 0 Å². The Bertz CT molecular complexity index is 1340. The fourth-order valence-corrected chi connectivity index (χ4v) is 4.47. The molecular formula is C30H33ClN2O2. The predicted octanol–water partition coefficient (Wildman–Crippen LogP) is 7.79. The number of hydrogen-bond donors (Lipinski definition) is 0. The van der Waals surface area contributed by atoms with Crippen LogP contribution in [0.25, 0.3) is 22.3 Å². The molecule has 0 atom stereocenters. The number of benzene rings is 3. The van der Waals surface area contributed by atoms with Crippen molar-refractivity contribution in [2.24, 2.45) is 0 Å². The normalized spacial score (nSPS) is 11.3. The number of aromatic nitrogens is 2. The third-order valence-corrected chi connectivity index (χ3v) is 6.54. The molecule has 0 saturated carbocycles. The van der Waals surface area contributed by atoms with Gasteiger partial charge in [0.2, 0.25) is 0 Å². The molecule has 0 aliphatic heterocycles. The lowest BCUT2D eigenvalue weighted by molar-refractivity contribution is 0.300. The summed E-state index contributed by atoms with van der Waals surface area (Å²) in [6, 6.07) is 21.5. The van der Waals surface area contributed by atoms with E-state index in [1.807, 2.05) is 53.1 Å². The first-order chi connectivity index (χ1) is 16.9. The Balaban J connectivity index is 1.38. The summed E-state index contributed by atoms with van der Waals surface area (Å²) in [4.78, 5) is 18.1. The molecule has 0 unspecified atom stereocenters. The predicted molar refractivity (Wildman–Crippen MR) is 146 cm³/mol. The van der Waals surface area contributed by atoms with E-state index in [-0.39, 0.29) is 5.56 Å². The highest BCUT2D eigenvalue weighted by Crippen LogP contribution is 2.28. The maximum Gasteiger partial charge on any atom is 0.261 e. The number of hydrogen-bond acceptors (Lipinski definition) is 3. The van der Waals surface area contributed by atoms with Crippen LogP contribution in [0.5, 0.6) is 5.75 Å². The molecule has 3 aromatic carbocycles. The summed E-state index contributed by atoms with van der Waals surface area (Å²) < 4.78 is 7.93. The van der Waals surface area contributed by atoms with Crippen molar-refractivity contribution >= 4 is 22.5 Å². The van der Waals surface area contributed by atoms with Gasteiger partial charge < -0.3 is 4.74 Å². The van der Waals surface area contributed by atoms with E-state index >= 15 is 0 Å². The molecule has 0 aliphatic rings. The number of ether oxygens (including phenoxy) is 1. The Hall–Kier alpha value is -3.11. The zero-order valence-corrected chi connectivity index (χ0v) is 21.5. The lowest BCUT2D eigenvalue weighted by Crippen LogP contribution is -2.23. The third-order valence-electron chi connectivity index (χ3n) is 6.29. The maximum atomic E-state index is 13.3. The molecule has 0 spiro atoms. The number of rotatable bonds is 10. The van der Waals surface area contributed by atoms with Crippen LogP contribution in [0.4, 0.5) is 0 Å². The van der Waals surface area contributed by atoms with Crippen LogP contribution in [-0.4, -0.2) is 16.2 Å². The largest absolute Gasteiger partial charge is 0.493 e. The van der Waals surface area contributed by atoms with Crippen LogP contribution in [0.2, 0.25) is 5.02 Å². The van der Waals surface area contributed by atoms with E-state index < -0.39 is 0 Å². The SMILES string of the molecule is Cc1ccc(C(C)C)c(OCCCCCCn2c(-c3ccc(Cl)cc3)nc3ccccc3c2=O)c1. The number of para-hydroxylation sites is 1. The Morgan fingerprint density at radius 2 is 1.69 bits per heavy atom. The molecule has 4 nitrogen and oxygen atoms in total. The Morgan fingerprint density at radius 3 is 2.46 bits per heavy atom. The van der Waals surface area contributed by atoms with E-state index in [1.54, 1.807) is 0 Å². The lowest BCUT2D eigenvalue weighted by atomic mass is 10.0. The molecule has 0 fully saturated rings. The highest BCUT2D eigenvalue weighted by atomic mass is 35.5. The van der Waals surface area contributed by atoms with Gasteiger partial charge in [0.1, 0.15) is 11.6 Å². The molecule has 0 N–H and O–H groups in total. The highest BCUT2D eigenvalue weighted by Gasteiger charge is 2.13. The Morgan fingerprint density at radius 1 is 0.943 bits per heavy atom. The van der Waals surface area contributed by atoms with Crippen LogP contribution in [0.3, 0.4) is 0 Å². The van der Waals surface area contributed by atoms with E-state index in [4.69, 9.17) is 21.3 Å². The second-order valence-corrected chi connectivity index (χ2v) is 9.81. The molecular weight excluding hydrogens is 456 g/mol. The van der Waals surface area contributed by atoms with Crippen molar-refractivity contribution in [1.29, 1.82) is 0 Å². The fraction of sp³-hybridized carbons (Fsp3) is 0.333. The quantitative estimate of drug-likeness (QED) is 0.214. The van der Waals surface area contributed by atoms with Gasteiger partial charge in [0.05, 0.1) is 17.5 Å². The molecule has 5 heteroatoms. The van der Waals surface area contributed by atoms with Crippen molar-refractivity contribution < 1.29 is 4.74 Å². The number of fused-ring (bicyclic) bond motifs is 1.